The number of hydrogen-bond donors (Lipinski definition) is 1. The van der Waals surface area contributed by atoms with Crippen LogP contribution in [0.15, 0.2) is 29.6 Å². The number of anilines is 1. The molecule has 3 nitrogen and oxygen atoms in total. The Hall–Kier alpha value is -1.68. The van der Waals surface area contributed by atoms with Crippen LogP contribution >= 0.6 is 11.3 Å². The molecule has 2 aliphatic rings. The SMILES string of the molecule is Cc1ccc(-c2csc(NC(=O)[C@@H]3C[C@H]4CC[C@H]3C4)n2)cc1. The van der Waals surface area contributed by atoms with E-state index in [0.717, 1.165) is 28.7 Å². The molecule has 4 rings (SSSR count). The van der Waals surface area contributed by atoms with E-state index in [4.69, 9.17) is 0 Å². The topological polar surface area (TPSA) is 42.0 Å². The maximum absolute atomic E-state index is 12.5. The second kappa shape index (κ2) is 5.51. The summed E-state index contributed by atoms with van der Waals surface area (Å²) >= 11 is 1.51. The molecule has 0 aliphatic heterocycles. The van der Waals surface area contributed by atoms with Crippen LogP contribution in [0.2, 0.25) is 0 Å². The quantitative estimate of drug-likeness (QED) is 0.907. The first kappa shape index (κ1) is 13.9. The summed E-state index contributed by atoms with van der Waals surface area (Å²) in [6, 6.07) is 8.32. The molecular weight excluding hydrogens is 292 g/mol. The van der Waals surface area contributed by atoms with Gasteiger partial charge in [-0.3, -0.25) is 4.79 Å². The molecule has 3 atom stereocenters. The molecule has 0 unspecified atom stereocenters. The molecule has 1 heterocycles. The molecule has 114 valence electrons. The highest BCUT2D eigenvalue weighted by Gasteiger charge is 2.43. The van der Waals surface area contributed by atoms with Crippen LogP contribution in [-0.4, -0.2) is 10.9 Å². The third-order valence-electron chi connectivity index (χ3n) is 5.16. The van der Waals surface area contributed by atoms with Crippen LogP contribution in [0.1, 0.15) is 31.2 Å². The zero-order valence-corrected chi connectivity index (χ0v) is 13.5. The molecule has 1 N–H and O–H groups in total. The molecule has 2 saturated carbocycles. The molecule has 2 bridgehead atoms. The Labute approximate surface area is 134 Å². The van der Waals surface area contributed by atoms with Gasteiger partial charge in [0.2, 0.25) is 5.91 Å². The summed E-state index contributed by atoms with van der Waals surface area (Å²) in [5.74, 6) is 1.80. The number of aromatic nitrogens is 1. The lowest BCUT2D eigenvalue weighted by atomic mass is 9.88. The van der Waals surface area contributed by atoms with E-state index in [1.807, 2.05) is 5.38 Å². The number of aryl methyl sites for hydroxylation is 1. The van der Waals surface area contributed by atoms with Crippen LogP contribution in [0.5, 0.6) is 0 Å². The standard InChI is InChI=1S/C18H20N2OS/c1-11-2-5-13(6-3-11)16-10-22-18(19-16)20-17(21)15-9-12-4-7-14(15)8-12/h2-3,5-6,10,12,14-15H,4,7-9H2,1H3,(H,19,20,21)/t12-,14-,15+/m0/s1. The smallest absolute Gasteiger partial charge is 0.229 e. The highest BCUT2D eigenvalue weighted by Crippen LogP contribution is 2.48. The Morgan fingerprint density at radius 3 is 2.73 bits per heavy atom. The highest BCUT2D eigenvalue weighted by molar-refractivity contribution is 7.14. The summed E-state index contributed by atoms with van der Waals surface area (Å²) in [6.45, 7) is 2.08. The molecule has 1 aromatic heterocycles. The average Bonchev–Trinajstić information content (AvgIpc) is 3.24. The van der Waals surface area contributed by atoms with Crippen LogP contribution in [0.4, 0.5) is 5.13 Å². The fourth-order valence-corrected chi connectivity index (χ4v) is 4.67. The van der Waals surface area contributed by atoms with Crippen LogP contribution < -0.4 is 5.32 Å². The van der Waals surface area contributed by atoms with E-state index >= 15 is 0 Å². The van der Waals surface area contributed by atoms with Crippen molar-refractivity contribution in [3.05, 3.63) is 35.2 Å². The number of thiazole rings is 1. The van der Waals surface area contributed by atoms with E-state index in [9.17, 15) is 4.79 Å². The van der Waals surface area contributed by atoms with E-state index in [1.165, 1.54) is 36.2 Å². The zero-order valence-electron chi connectivity index (χ0n) is 12.7. The molecular formula is C18H20N2OS. The first-order valence-corrected chi connectivity index (χ1v) is 8.90. The molecule has 2 fully saturated rings. The van der Waals surface area contributed by atoms with Gasteiger partial charge in [-0.1, -0.05) is 36.2 Å². The predicted octanol–water partition coefficient (Wildman–Crippen LogP) is 4.49. The molecule has 2 aromatic rings. The molecule has 22 heavy (non-hydrogen) atoms. The maximum atomic E-state index is 12.5. The largest absolute Gasteiger partial charge is 0.302 e. The number of carbonyl (C=O) groups excluding carboxylic acids is 1. The fraction of sp³-hybridized carbons (Fsp3) is 0.444. The summed E-state index contributed by atoms with van der Waals surface area (Å²) < 4.78 is 0. The molecule has 1 aromatic carbocycles. The zero-order chi connectivity index (χ0) is 15.1. The van der Waals surface area contributed by atoms with Crippen molar-refractivity contribution in [2.24, 2.45) is 17.8 Å². The van der Waals surface area contributed by atoms with Crippen molar-refractivity contribution in [2.75, 3.05) is 5.32 Å². The average molecular weight is 312 g/mol. The van der Waals surface area contributed by atoms with E-state index in [0.29, 0.717) is 5.92 Å². The predicted molar refractivity (Wildman–Crippen MR) is 89.9 cm³/mol. The lowest BCUT2D eigenvalue weighted by molar-refractivity contribution is -0.121. The Kier molecular flexibility index (Phi) is 3.49. The van der Waals surface area contributed by atoms with Crippen molar-refractivity contribution >= 4 is 22.4 Å². The van der Waals surface area contributed by atoms with E-state index < -0.39 is 0 Å². The highest BCUT2D eigenvalue weighted by atomic mass is 32.1. The Morgan fingerprint density at radius 1 is 1.23 bits per heavy atom. The van der Waals surface area contributed by atoms with Gasteiger partial charge in [-0.15, -0.1) is 11.3 Å². The minimum atomic E-state index is 0.178. The monoisotopic (exact) mass is 312 g/mol. The van der Waals surface area contributed by atoms with Gasteiger partial charge in [0.1, 0.15) is 0 Å². The number of carbonyl (C=O) groups is 1. The first-order chi connectivity index (χ1) is 10.7. The van der Waals surface area contributed by atoms with Gasteiger partial charge in [-0.2, -0.15) is 0 Å². The molecule has 0 spiro atoms. The minimum Gasteiger partial charge on any atom is -0.302 e. The lowest BCUT2D eigenvalue weighted by Crippen LogP contribution is -2.27. The maximum Gasteiger partial charge on any atom is 0.229 e. The van der Waals surface area contributed by atoms with Gasteiger partial charge < -0.3 is 5.32 Å². The van der Waals surface area contributed by atoms with Crippen LogP contribution in [0.25, 0.3) is 11.3 Å². The lowest BCUT2D eigenvalue weighted by Gasteiger charge is -2.19. The van der Waals surface area contributed by atoms with Gasteiger partial charge in [0.15, 0.2) is 5.13 Å². The van der Waals surface area contributed by atoms with Crippen molar-refractivity contribution in [1.29, 1.82) is 0 Å². The number of fused-ring (bicyclic) bond motifs is 2. The van der Waals surface area contributed by atoms with Crippen molar-refractivity contribution in [1.82, 2.24) is 4.98 Å². The molecule has 0 radical (unpaired) electrons. The Balaban J connectivity index is 1.45. The van der Waals surface area contributed by atoms with Gasteiger partial charge in [0, 0.05) is 16.9 Å². The van der Waals surface area contributed by atoms with Crippen LogP contribution in [-0.2, 0) is 4.79 Å². The van der Waals surface area contributed by atoms with Gasteiger partial charge >= 0.3 is 0 Å². The Morgan fingerprint density at radius 2 is 2.05 bits per heavy atom. The number of hydrogen-bond acceptors (Lipinski definition) is 3. The van der Waals surface area contributed by atoms with Crippen molar-refractivity contribution in [3.63, 3.8) is 0 Å². The normalized spacial score (nSPS) is 26.3. The van der Waals surface area contributed by atoms with Crippen LogP contribution in [0, 0.1) is 24.7 Å². The minimum absolute atomic E-state index is 0.178. The number of nitrogens with zero attached hydrogens (tertiary/aromatic N) is 1. The van der Waals surface area contributed by atoms with E-state index in [-0.39, 0.29) is 11.8 Å². The Bertz CT molecular complexity index is 691. The van der Waals surface area contributed by atoms with Crippen molar-refractivity contribution in [3.8, 4) is 11.3 Å². The van der Waals surface area contributed by atoms with Gasteiger partial charge in [0.25, 0.3) is 0 Å². The fourth-order valence-electron chi connectivity index (χ4n) is 3.95. The van der Waals surface area contributed by atoms with Crippen LogP contribution in [0.3, 0.4) is 0 Å². The first-order valence-electron chi connectivity index (χ1n) is 8.02. The molecule has 0 saturated heterocycles. The van der Waals surface area contributed by atoms with Crippen molar-refractivity contribution < 1.29 is 4.79 Å². The third-order valence-corrected chi connectivity index (χ3v) is 5.91. The second-order valence-corrected chi connectivity index (χ2v) is 7.53. The summed E-state index contributed by atoms with van der Waals surface area (Å²) in [5, 5.41) is 5.78. The van der Waals surface area contributed by atoms with Gasteiger partial charge in [-0.05, 0) is 38.0 Å². The van der Waals surface area contributed by atoms with Gasteiger partial charge in [-0.25, -0.2) is 4.98 Å². The summed E-state index contributed by atoms with van der Waals surface area (Å²) in [4.78, 5) is 17.0. The summed E-state index contributed by atoms with van der Waals surface area (Å²) in [5.41, 5.74) is 3.28. The summed E-state index contributed by atoms with van der Waals surface area (Å²) in [6.07, 6.45) is 4.88. The molecule has 1 amide bonds. The molecule has 4 heteroatoms. The number of benzene rings is 1. The second-order valence-electron chi connectivity index (χ2n) is 6.67. The van der Waals surface area contributed by atoms with E-state index in [1.54, 1.807) is 0 Å². The number of rotatable bonds is 3. The third kappa shape index (κ3) is 2.56. The van der Waals surface area contributed by atoms with Crippen molar-refractivity contribution in [2.45, 2.75) is 32.6 Å². The number of nitrogens with one attached hydrogen (secondary N) is 1. The van der Waals surface area contributed by atoms with E-state index in [2.05, 4.69) is 41.5 Å². The summed E-state index contributed by atoms with van der Waals surface area (Å²) in [7, 11) is 0. The van der Waals surface area contributed by atoms with Gasteiger partial charge in [0.05, 0.1) is 5.69 Å². The molecule has 2 aliphatic carbocycles. The number of amides is 1.